The molecule has 0 heterocycles. The van der Waals surface area contributed by atoms with Crippen LogP contribution in [0.3, 0.4) is 0 Å². The monoisotopic (exact) mass is 239 g/mol. The standard InChI is InChI=1S/C10H10Cl2O2/c1-2-3-7(13)6-4-5-8(14)10(12)9(6)11/h4-5,14H,2-3H2,1H3/i1D3,2D2,3D2. The topological polar surface area (TPSA) is 37.3 Å². The van der Waals surface area contributed by atoms with Crippen LogP contribution >= 0.6 is 23.2 Å². The van der Waals surface area contributed by atoms with Crippen LogP contribution in [0.25, 0.3) is 0 Å². The van der Waals surface area contributed by atoms with Crippen molar-refractivity contribution >= 4 is 29.0 Å². The Morgan fingerprint density at radius 1 is 1.57 bits per heavy atom. The van der Waals surface area contributed by atoms with Crippen LogP contribution in [0.4, 0.5) is 0 Å². The Balaban J connectivity index is 3.41. The summed E-state index contributed by atoms with van der Waals surface area (Å²) in [5, 5.41) is 8.42. The summed E-state index contributed by atoms with van der Waals surface area (Å²) in [6, 6.07) is 1.92. The van der Waals surface area contributed by atoms with Crippen molar-refractivity contribution in [2.75, 3.05) is 0 Å². The molecule has 0 radical (unpaired) electrons. The Morgan fingerprint density at radius 3 is 2.93 bits per heavy atom. The first-order valence-electron chi connectivity index (χ1n) is 6.97. The number of ketones is 1. The minimum absolute atomic E-state index is 0.409. The van der Waals surface area contributed by atoms with Crippen LogP contribution < -0.4 is 0 Å². The Bertz CT molecular complexity index is 584. The highest BCUT2D eigenvalue weighted by molar-refractivity contribution is 6.44. The fourth-order valence-electron chi connectivity index (χ4n) is 0.839. The second-order valence-electron chi connectivity index (χ2n) is 2.34. The fourth-order valence-corrected chi connectivity index (χ4v) is 1.25. The van der Waals surface area contributed by atoms with E-state index in [1.54, 1.807) is 0 Å². The predicted molar refractivity (Wildman–Crippen MR) is 57.4 cm³/mol. The summed E-state index contributed by atoms with van der Waals surface area (Å²) < 4.78 is 51.1. The molecule has 0 amide bonds. The molecule has 0 aliphatic rings. The highest BCUT2D eigenvalue weighted by Gasteiger charge is 2.14. The molecule has 0 bridgehead atoms. The van der Waals surface area contributed by atoms with Crippen molar-refractivity contribution in [1.82, 2.24) is 0 Å². The summed E-state index contributed by atoms with van der Waals surface area (Å²) in [5.41, 5.74) is -0.516. The lowest BCUT2D eigenvalue weighted by Crippen LogP contribution is -1.99. The molecule has 1 aromatic carbocycles. The summed E-state index contributed by atoms with van der Waals surface area (Å²) in [6.45, 7) is -3.36. The number of hydrogen-bond acceptors (Lipinski definition) is 2. The first-order valence-corrected chi connectivity index (χ1v) is 4.22. The minimum atomic E-state index is -3.44. The second-order valence-corrected chi connectivity index (χ2v) is 3.10. The van der Waals surface area contributed by atoms with Crippen LogP contribution in [0.2, 0.25) is 10.0 Å². The largest absolute Gasteiger partial charge is 0.506 e. The van der Waals surface area contributed by atoms with E-state index in [4.69, 9.17) is 32.8 Å². The predicted octanol–water partition coefficient (Wildman–Crippen LogP) is 3.68. The van der Waals surface area contributed by atoms with Gasteiger partial charge in [0.15, 0.2) is 5.78 Å². The van der Waals surface area contributed by atoms with Gasteiger partial charge in [-0.2, -0.15) is 0 Å². The first kappa shape index (κ1) is 4.86. The van der Waals surface area contributed by atoms with E-state index in [2.05, 4.69) is 0 Å². The number of benzene rings is 1. The van der Waals surface area contributed by atoms with Crippen LogP contribution in [0.5, 0.6) is 5.75 Å². The van der Waals surface area contributed by atoms with Crippen LogP contribution in [0.15, 0.2) is 12.1 Å². The normalized spacial score (nSPS) is 20.6. The van der Waals surface area contributed by atoms with Gasteiger partial charge in [-0.3, -0.25) is 4.79 Å². The number of carbonyl (C=O) groups excluding carboxylic acids is 1. The van der Waals surface area contributed by atoms with Crippen molar-refractivity contribution in [3.8, 4) is 5.75 Å². The number of Topliss-reactive ketones (excluding diaryl/α,β-unsaturated/α-hetero) is 1. The number of aromatic hydroxyl groups is 1. The number of phenols is 1. The quantitative estimate of drug-likeness (QED) is 0.818. The molecule has 4 heteroatoms. The van der Waals surface area contributed by atoms with E-state index in [1.165, 1.54) is 0 Å². The van der Waals surface area contributed by atoms with Gasteiger partial charge in [-0.05, 0) is 18.5 Å². The van der Waals surface area contributed by atoms with Crippen LogP contribution in [-0.2, 0) is 0 Å². The maximum absolute atomic E-state index is 12.2. The zero-order chi connectivity index (χ0) is 16.8. The van der Waals surface area contributed by atoms with Gasteiger partial charge in [0.05, 0.1) is 5.02 Å². The zero-order valence-electron chi connectivity index (χ0n) is 13.8. The molecule has 2 nitrogen and oxygen atoms in total. The molecule has 0 fully saturated rings. The summed E-state index contributed by atoms with van der Waals surface area (Å²) in [5.74, 6) is -1.92. The van der Waals surface area contributed by atoms with E-state index in [0.29, 0.717) is 0 Å². The van der Waals surface area contributed by atoms with Crippen molar-refractivity contribution in [2.24, 2.45) is 0 Å². The summed E-state index contributed by atoms with van der Waals surface area (Å²) in [4.78, 5) is 12.2. The van der Waals surface area contributed by atoms with E-state index in [9.17, 15) is 9.90 Å². The van der Waals surface area contributed by atoms with E-state index in [-0.39, 0.29) is 0 Å². The summed E-state index contributed by atoms with van der Waals surface area (Å²) in [6.07, 6.45) is -6.81. The Labute approximate surface area is 102 Å². The van der Waals surface area contributed by atoms with Gasteiger partial charge in [-0.1, -0.05) is 30.1 Å². The molecule has 1 rings (SSSR count). The third-order valence-electron chi connectivity index (χ3n) is 1.48. The lowest BCUT2D eigenvalue weighted by Gasteiger charge is -2.05. The van der Waals surface area contributed by atoms with Gasteiger partial charge in [0.1, 0.15) is 10.8 Å². The molecule has 0 saturated heterocycles. The molecule has 76 valence electrons. The number of phenolic OH excluding ortho intramolecular Hbond substituents is 1. The van der Waals surface area contributed by atoms with E-state index >= 15 is 0 Å². The van der Waals surface area contributed by atoms with Crippen molar-refractivity contribution in [1.29, 1.82) is 0 Å². The molecular formula is C10H10Cl2O2. The molecule has 0 aliphatic carbocycles. The smallest absolute Gasteiger partial charge is 0.164 e. The molecule has 1 N–H and O–H groups in total. The molecule has 0 aromatic heterocycles. The average molecular weight is 240 g/mol. The van der Waals surface area contributed by atoms with Gasteiger partial charge in [-0.25, -0.2) is 0 Å². The summed E-state index contributed by atoms with van der Waals surface area (Å²) >= 11 is 11.3. The Kier molecular flexibility index (Phi) is 1.62. The molecule has 0 atom stereocenters. The fraction of sp³-hybridized carbons (Fsp3) is 0.300. The number of hydrogen-bond donors (Lipinski definition) is 1. The maximum Gasteiger partial charge on any atom is 0.164 e. The Hall–Kier alpha value is -0.730. The van der Waals surface area contributed by atoms with Crippen LogP contribution in [0, 0.1) is 0 Å². The van der Waals surface area contributed by atoms with Crippen LogP contribution in [0.1, 0.15) is 39.6 Å². The van der Waals surface area contributed by atoms with Gasteiger partial charge in [0, 0.05) is 21.5 Å². The van der Waals surface area contributed by atoms with Gasteiger partial charge in [-0.15, -0.1) is 0 Å². The second kappa shape index (κ2) is 4.67. The zero-order valence-corrected chi connectivity index (χ0v) is 8.28. The van der Waals surface area contributed by atoms with Gasteiger partial charge < -0.3 is 5.11 Å². The average Bonchev–Trinajstić information content (AvgIpc) is 2.34. The molecule has 0 spiro atoms. The Morgan fingerprint density at radius 2 is 2.29 bits per heavy atom. The van der Waals surface area contributed by atoms with Gasteiger partial charge >= 0.3 is 0 Å². The highest BCUT2D eigenvalue weighted by Crippen LogP contribution is 2.34. The number of halogens is 2. The van der Waals surface area contributed by atoms with E-state index < -0.39 is 46.7 Å². The molecular weight excluding hydrogens is 223 g/mol. The van der Waals surface area contributed by atoms with Crippen molar-refractivity contribution < 1.29 is 19.5 Å². The first-order chi connectivity index (χ1) is 9.25. The SMILES string of the molecule is [2H]C([2H])([2H])C([2H])([2H])C([2H])([2H])C(=O)c1ccc(O)c(Cl)c1Cl. The number of rotatable bonds is 3. The summed E-state index contributed by atoms with van der Waals surface area (Å²) in [7, 11) is 0. The highest BCUT2D eigenvalue weighted by atomic mass is 35.5. The van der Waals surface area contributed by atoms with Crippen LogP contribution in [-0.4, -0.2) is 10.9 Å². The molecule has 14 heavy (non-hydrogen) atoms. The molecule has 0 unspecified atom stereocenters. The van der Waals surface area contributed by atoms with Gasteiger partial charge in [0.2, 0.25) is 0 Å². The lowest BCUT2D eigenvalue weighted by molar-refractivity contribution is 0.0982. The molecule has 0 aliphatic heterocycles. The van der Waals surface area contributed by atoms with E-state index in [0.717, 1.165) is 12.1 Å². The number of carbonyl (C=O) groups is 1. The lowest BCUT2D eigenvalue weighted by atomic mass is 10.1. The van der Waals surface area contributed by atoms with Crippen molar-refractivity contribution in [3.63, 3.8) is 0 Å². The van der Waals surface area contributed by atoms with Gasteiger partial charge in [0.25, 0.3) is 0 Å². The van der Waals surface area contributed by atoms with Crippen molar-refractivity contribution in [2.45, 2.75) is 19.6 Å². The van der Waals surface area contributed by atoms with Crippen molar-refractivity contribution in [3.05, 3.63) is 27.7 Å². The third kappa shape index (κ3) is 2.20. The molecule has 1 aromatic rings. The van der Waals surface area contributed by atoms with E-state index in [1.807, 2.05) is 0 Å². The maximum atomic E-state index is 12.2. The third-order valence-corrected chi connectivity index (χ3v) is 2.35. The molecule has 0 saturated carbocycles. The minimum Gasteiger partial charge on any atom is -0.506 e.